The molecule has 1 heterocycles. The summed E-state index contributed by atoms with van der Waals surface area (Å²) in [6.07, 6.45) is 3.61. The molecular formula is C16H16ClNO. The van der Waals surface area contributed by atoms with Gasteiger partial charge in [0.15, 0.2) is 0 Å². The zero-order valence-electron chi connectivity index (χ0n) is 11.1. The summed E-state index contributed by atoms with van der Waals surface area (Å²) in [5.41, 5.74) is 2.95. The standard InChI is InChI=1S/C16H16ClNO/c1-12(19-11-14-6-4-3-5-7-14)10-16-13(2)15(17)8-9-18-16/h3-10H,11H2,1-2H3/b12-10+. The molecule has 1 aromatic carbocycles. The zero-order valence-corrected chi connectivity index (χ0v) is 11.8. The Kier molecular flexibility index (Phi) is 4.58. The number of halogens is 1. The fourth-order valence-corrected chi connectivity index (χ4v) is 1.83. The molecule has 0 unspecified atom stereocenters. The Morgan fingerprint density at radius 2 is 2.00 bits per heavy atom. The van der Waals surface area contributed by atoms with Crippen LogP contribution < -0.4 is 0 Å². The molecule has 2 nitrogen and oxygen atoms in total. The van der Waals surface area contributed by atoms with Gasteiger partial charge in [0.05, 0.1) is 11.5 Å². The molecule has 0 fully saturated rings. The normalized spacial score (nSPS) is 11.4. The summed E-state index contributed by atoms with van der Waals surface area (Å²) in [4.78, 5) is 4.29. The van der Waals surface area contributed by atoms with Gasteiger partial charge in [-0.2, -0.15) is 0 Å². The van der Waals surface area contributed by atoms with Crippen molar-refractivity contribution in [1.82, 2.24) is 4.98 Å². The van der Waals surface area contributed by atoms with Crippen LogP contribution in [-0.4, -0.2) is 4.98 Å². The predicted molar refractivity (Wildman–Crippen MR) is 78.9 cm³/mol. The van der Waals surface area contributed by atoms with Gasteiger partial charge in [-0.05, 0) is 31.0 Å². The minimum absolute atomic E-state index is 0.558. The van der Waals surface area contributed by atoms with Crippen LogP contribution in [0.2, 0.25) is 5.02 Å². The van der Waals surface area contributed by atoms with Crippen molar-refractivity contribution in [2.75, 3.05) is 0 Å². The number of pyridine rings is 1. The summed E-state index contributed by atoms with van der Waals surface area (Å²) >= 11 is 6.06. The molecule has 19 heavy (non-hydrogen) atoms. The molecule has 0 saturated heterocycles. The molecule has 0 bridgehead atoms. The molecule has 3 heteroatoms. The quantitative estimate of drug-likeness (QED) is 0.758. The first-order valence-electron chi connectivity index (χ1n) is 6.13. The van der Waals surface area contributed by atoms with Crippen molar-refractivity contribution in [3.8, 4) is 0 Å². The van der Waals surface area contributed by atoms with Gasteiger partial charge in [0, 0.05) is 17.3 Å². The molecule has 0 atom stereocenters. The summed E-state index contributed by atoms with van der Waals surface area (Å²) in [5, 5.41) is 0.720. The Hall–Kier alpha value is -1.80. The molecule has 0 saturated carbocycles. The van der Waals surface area contributed by atoms with Gasteiger partial charge in [-0.25, -0.2) is 0 Å². The van der Waals surface area contributed by atoms with Crippen molar-refractivity contribution < 1.29 is 4.74 Å². The van der Waals surface area contributed by atoms with Gasteiger partial charge in [0.2, 0.25) is 0 Å². The smallest absolute Gasteiger partial charge is 0.113 e. The molecule has 0 aliphatic heterocycles. The first-order chi connectivity index (χ1) is 9.16. The van der Waals surface area contributed by atoms with E-state index in [2.05, 4.69) is 4.98 Å². The lowest BCUT2D eigenvalue weighted by Crippen LogP contribution is -1.93. The predicted octanol–water partition coefficient (Wildman–Crippen LogP) is 4.62. The van der Waals surface area contributed by atoms with Crippen LogP contribution in [0.25, 0.3) is 6.08 Å². The van der Waals surface area contributed by atoms with E-state index in [1.54, 1.807) is 12.3 Å². The molecule has 0 radical (unpaired) electrons. The number of hydrogen-bond donors (Lipinski definition) is 0. The van der Waals surface area contributed by atoms with Crippen molar-refractivity contribution >= 4 is 17.7 Å². The molecule has 0 N–H and O–H groups in total. The number of rotatable bonds is 4. The Morgan fingerprint density at radius 1 is 1.26 bits per heavy atom. The van der Waals surface area contributed by atoms with Crippen molar-refractivity contribution in [2.24, 2.45) is 0 Å². The Labute approximate surface area is 118 Å². The number of nitrogens with zero attached hydrogens (tertiary/aromatic N) is 1. The maximum absolute atomic E-state index is 6.06. The second kappa shape index (κ2) is 6.39. The lowest BCUT2D eigenvalue weighted by Gasteiger charge is -2.07. The first kappa shape index (κ1) is 13.6. The van der Waals surface area contributed by atoms with E-state index in [-0.39, 0.29) is 0 Å². The number of hydrogen-bond acceptors (Lipinski definition) is 2. The average molecular weight is 274 g/mol. The number of ether oxygens (including phenoxy) is 1. The van der Waals surface area contributed by atoms with Crippen molar-refractivity contribution in [3.63, 3.8) is 0 Å². The third kappa shape index (κ3) is 3.83. The van der Waals surface area contributed by atoms with Crippen LogP contribution in [0.3, 0.4) is 0 Å². The van der Waals surface area contributed by atoms with Gasteiger partial charge in [-0.1, -0.05) is 41.9 Å². The van der Waals surface area contributed by atoms with Crippen LogP contribution in [0.15, 0.2) is 48.4 Å². The first-order valence-corrected chi connectivity index (χ1v) is 6.51. The Balaban J connectivity index is 2.05. The summed E-state index contributed by atoms with van der Waals surface area (Å²) in [5.74, 6) is 0.821. The van der Waals surface area contributed by atoms with E-state index < -0.39 is 0 Å². The van der Waals surface area contributed by atoms with E-state index in [0.717, 1.165) is 27.6 Å². The highest BCUT2D eigenvalue weighted by Gasteiger charge is 2.02. The highest BCUT2D eigenvalue weighted by Crippen LogP contribution is 2.19. The molecule has 0 spiro atoms. The molecule has 0 aliphatic carbocycles. The molecule has 98 valence electrons. The second-order valence-corrected chi connectivity index (χ2v) is 4.74. The largest absolute Gasteiger partial charge is 0.493 e. The van der Waals surface area contributed by atoms with E-state index in [9.17, 15) is 0 Å². The average Bonchev–Trinajstić information content (AvgIpc) is 2.43. The second-order valence-electron chi connectivity index (χ2n) is 4.33. The summed E-state index contributed by atoms with van der Waals surface area (Å²) in [7, 11) is 0. The van der Waals surface area contributed by atoms with Crippen LogP contribution in [0.5, 0.6) is 0 Å². The number of benzene rings is 1. The molecular weight excluding hydrogens is 258 g/mol. The van der Waals surface area contributed by atoms with Crippen LogP contribution in [0.1, 0.15) is 23.7 Å². The van der Waals surface area contributed by atoms with Gasteiger partial charge in [-0.15, -0.1) is 0 Å². The van der Waals surface area contributed by atoms with Crippen LogP contribution in [-0.2, 0) is 11.3 Å². The highest BCUT2D eigenvalue weighted by molar-refractivity contribution is 6.31. The van der Waals surface area contributed by atoms with Gasteiger partial charge < -0.3 is 4.74 Å². The van der Waals surface area contributed by atoms with E-state index in [4.69, 9.17) is 16.3 Å². The summed E-state index contributed by atoms with van der Waals surface area (Å²) < 4.78 is 5.70. The third-order valence-corrected chi connectivity index (χ3v) is 3.24. The monoisotopic (exact) mass is 273 g/mol. The minimum atomic E-state index is 0.558. The lowest BCUT2D eigenvalue weighted by atomic mass is 10.2. The number of aromatic nitrogens is 1. The summed E-state index contributed by atoms with van der Waals surface area (Å²) in [6.45, 7) is 4.43. The maximum atomic E-state index is 6.06. The lowest BCUT2D eigenvalue weighted by molar-refractivity contribution is 0.204. The fraction of sp³-hybridized carbons (Fsp3) is 0.188. The van der Waals surface area contributed by atoms with E-state index in [0.29, 0.717) is 6.61 Å². The Bertz CT molecular complexity index is 579. The molecule has 2 aromatic rings. The molecule has 0 aliphatic rings. The topological polar surface area (TPSA) is 22.1 Å². The highest BCUT2D eigenvalue weighted by atomic mass is 35.5. The van der Waals surface area contributed by atoms with Gasteiger partial charge in [-0.3, -0.25) is 4.98 Å². The van der Waals surface area contributed by atoms with Crippen LogP contribution in [0.4, 0.5) is 0 Å². The minimum Gasteiger partial charge on any atom is -0.493 e. The van der Waals surface area contributed by atoms with Crippen molar-refractivity contribution in [1.29, 1.82) is 0 Å². The summed E-state index contributed by atoms with van der Waals surface area (Å²) in [6, 6.07) is 11.9. The maximum Gasteiger partial charge on any atom is 0.113 e. The molecule has 0 amide bonds. The van der Waals surface area contributed by atoms with Crippen molar-refractivity contribution in [3.05, 3.63) is 70.2 Å². The Morgan fingerprint density at radius 3 is 2.74 bits per heavy atom. The van der Waals surface area contributed by atoms with E-state index in [1.807, 2.05) is 50.3 Å². The van der Waals surface area contributed by atoms with Gasteiger partial charge in [0.25, 0.3) is 0 Å². The van der Waals surface area contributed by atoms with Crippen LogP contribution >= 0.6 is 11.6 Å². The zero-order chi connectivity index (χ0) is 13.7. The van der Waals surface area contributed by atoms with Gasteiger partial charge >= 0.3 is 0 Å². The van der Waals surface area contributed by atoms with Crippen LogP contribution in [0, 0.1) is 6.92 Å². The van der Waals surface area contributed by atoms with E-state index in [1.165, 1.54) is 0 Å². The van der Waals surface area contributed by atoms with Gasteiger partial charge in [0.1, 0.15) is 6.61 Å². The SMILES string of the molecule is C/C(=C\c1nccc(Cl)c1C)OCc1ccccc1. The molecule has 2 rings (SSSR count). The number of allylic oxidation sites excluding steroid dienone is 1. The van der Waals surface area contributed by atoms with E-state index >= 15 is 0 Å². The fourth-order valence-electron chi connectivity index (χ4n) is 1.68. The molecule has 1 aromatic heterocycles. The third-order valence-electron chi connectivity index (χ3n) is 2.83. The van der Waals surface area contributed by atoms with Crippen molar-refractivity contribution in [2.45, 2.75) is 20.5 Å².